The summed E-state index contributed by atoms with van der Waals surface area (Å²) in [6, 6.07) is 0. The van der Waals surface area contributed by atoms with Gasteiger partial charge in [-0.3, -0.25) is 9.59 Å². The summed E-state index contributed by atoms with van der Waals surface area (Å²) in [5.74, 6) is 1.52. The monoisotopic (exact) mass is 553 g/mol. The number of carbonyl (C=O) groups excluding carboxylic acids is 2. The Morgan fingerprint density at radius 3 is 1.18 bits per heavy atom. The molecular formula is C34H68N2O3. The Morgan fingerprint density at radius 1 is 0.487 bits per heavy atom. The van der Waals surface area contributed by atoms with E-state index >= 15 is 0 Å². The lowest BCUT2D eigenvalue weighted by Crippen LogP contribution is -2.35. The first-order chi connectivity index (χ1) is 18.9. The minimum absolute atomic E-state index is 0.0107. The van der Waals surface area contributed by atoms with Crippen LogP contribution in [0, 0.1) is 11.8 Å². The maximum absolute atomic E-state index is 12.5. The van der Waals surface area contributed by atoms with Gasteiger partial charge in [0.2, 0.25) is 11.8 Å². The highest BCUT2D eigenvalue weighted by atomic mass is 16.5. The SMILES string of the molecule is CCCCCCC(CCCC)CCCN(C)C(=O)COCC(=O)N(C)CCCC(CCCC)CCCCCC. The van der Waals surface area contributed by atoms with Crippen molar-refractivity contribution in [3.63, 3.8) is 0 Å². The molecule has 2 atom stereocenters. The van der Waals surface area contributed by atoms with Crippen molar-refractivity contribution in [2.24, 2.45) is 11.8 Å². The fourth-order valence-corrected chi connectivity index (χ4v) is 5.50. The third kappa shape index (κ3) is 22.3. The Labute approximate surface area is 244 Å². The molecule has 0 aliphatic rings. The van der Waals surface area contributed by atoms with Crippen molar-refractivity contribution in [1.82, 2.24) is 9.80 Å². The number of hydrogen-bond acceptors (Lipinski definition) is 3. The molecule has 0 rings (SSSR count). The molecule has 2 unspecified atom stereocenters. The summed E-state index contributed by atoms with van der Waals surface area (Å²) in [5.41, 5.74) is 0. The molecule has 0 aliphatic carbocycles. The van der Waals surface area contributed by atoms with Crippen molar-refractivity contribution in [1.29, 1.82) is 0 Å². The Bertz CT molecular complexity index is 521. The van der Waals surface area contributed by atoms with E-state index in [1.165, 1.54) is 116 Å². The standard InChI is InChI=1S/C34H68N2O3/c1-7-11-15-17-23-31(21-13-9-3)25-19-27-35(5)33(37)29-39-30-34(38)36(6)28-20-26-32(22-14-10-4)24-18-16-12-8-2/h31-32H,7-30H2,1-6H3. The van der Waals surface area contributed by atoms with Gasteiger partial charge in [-0.25, -0.2) is 0 Å². The normalized spacial score (nSPS) is 12.9. The van der Waals surface area contributed by atoms with E-state index in [-0.39, 0.29) is 25.0 Å². The minimum atomic E-state index is -0.0275. The largest absolute Gasteiger partial charge is 0.362 e. The maximum atomic E-state index is 12.5. The lowest BCUT2D eigenvalue weighted by atomic mass is 9.91. The van der Waals surface area contributed by atoms with Gasteiger partial charge < -0.3 is 14.5 Å². The van der Waals surface area contributed by atoms with Crippen LogP contribution < -0.4 is 0 Å². The zero-order valence-electron chi connectivity index (χ0n) is 27.2. The second-order valence-corrected chi connectivity index (χ2v) is 12.1. The van der Waals surface area contributed by atoms with Gasteiger partial charge in [0.05, 0.1) is 0 Å². The van der Waals surface area contributed by atoms with Gasteiger partial charge in [-0.15, -0.1) is 0 Å². The maximum Gasteiger partial charge on any atom is 0.248 e. The number of unbranched alkanes of at least 4 members (excludes halogenated alkanes) is 8. The van der Waals surface area contributed by atoms with E-state index in [2.05, 4.69) is 27.7 Å². The van der Waals surface area contributed by atoms with Crippen molar-refractivity contribution in [2.75, 3.05) is 40.4 Å². The number of rotatable bonds is 28. The van der Waals surface area contributed by atoms with Gasteiger partial charge in [0.25, 0.3) is 0 Å². The predicted octanol–water partition coefficient (Wildman–Crippen LogP) is 9.03. The minimum Gasteiger partial charge on any atom is -0.362 e. The number of amides is 2. The smallest absolute Gasteiger partial charge is 0.248 e. The fraction of sp³-hybridized carbons (Fsp3) is 0.941. The van der Waals surface area contributed by atoms with Gasteiger partial charge in [-0.1, -0.05) is 130 Å². The Balaban J connectivity index is 4.19. The molecule has 0 aromatic carbocycles. The van der Waals surface area contributed by atoms with Crippen LogP contribution in [0.1, 0.15) is 156 Å². The summed E-state index contributed by atoms with van der Waals surface area (Å²) < 4.78 is 5.53. The summed E-state index contributed by atoms with van der Waals surface area (Å²) >= 11 is 0. The van der Waals surface area contributed by atoms with Crippen molar-refractivity contribution in [3.8, 4) is 0 Å². The molecule has 0 bridgehead atoms. The average molecular weight is 553 g/mol. The fourth-order valence-electron chi connectivity index (χ4n) is 5.50. The van der Waals surface area contributed by atoms with E-state index in [0.29, 0.717) is 0 Å². The van der Waals surface area contributed by atoms with Crippen LogP contribution in [0.25, 0.3) is 0 Å². The van der Waals surface area contributed by atoms with E-state index in [9.17, 15) is 9.59 Å². The van der Waals surface area contributed by atoms with Gasteiger partial charge in [-0.2, -0.15) is 0 Å². The third-order valence-electron chi connectivity index (χ3n) is 8.38. The highest BCUT2D eigenvalue weighted by molar-refractivity contribution is 5.79. The van der Waals surface area contributed by atoms with Crippen molar-refractivity contribution in [2.45, 2.75) is 156 Å². The van der Waals surface area contributed by atoms with Gasteiger partial charge in [-0.05, 0) is 37.5 Å². The highest BCUT2D eigenvalue weighted by Crippen LogP contribution is 2.23. The first-order valence-corrected chi connectivity index (χ1v) is 16.9. The average Bonchev–Trinajstić information content (AvgIpc) is 2.93. The van der Waals surface area contributed by atoms with Crippen LogP contribution in [0.15, 0.2) is 0 Å². The van der Waals surface area contributed by atoms with Crippen molar-refractivity contribution >= 4 is 11.8 Å². The van der Waals surface area contributed by atoms with Crippen molar-refractivity contribution in [3.05, 3.63) is 0 Å². The lowest BCUT2D eigenvalue weighted by molar-refractivity contribution is -0.140. The second kappa shape index (κ2) is 27.1. The molecule has 2 amide bonds. The summed E-state index contributed by atoms with van der Waals surface area (Å²) in [7, 11) is 3.72. The van der Waals surface area contributed by atoms with Gasteiger partial charge >= 0.3 is 0 Å². The summed E-state index contributed by atoms with van der Waals surface area (Å²) in [5, 5.41) is 0. The predicted molar refractivity (Wildman–Crippen MR) is 168 cm³/mol. The Kier molecular flexibility index (Phi) is 26.3. The van der Waals surface area contributed by atoms with E-state index in [1.54, 1.807) is 9.80 Å². The number of likely N-dealkylation sites (N-methyl/N-ethyl adjacent to an activating group) is 2. The van der Waals surface area contributed by atoms with Gasteiger partial charge in [0.1, 0.15) is 13.2 Å². The molecule has 39 heavy (non-hydrogen) atoms. The summed E-state index contributed by atoms with van der Waals surface area (Å²) in [4.78, 5) is 28.6. The van der Waals surface area contributed by atoms with Crippen LogP contribution in [0.3, 0.4) is 0 Å². The third-order valence-corrected chi connectivity index (χ3v) is 8.38. The molecule has 0 heterocycles. The number of ether oxygens (including phenoxy) is 1. The van der Waals surface area contributed by atoms with E-state index in [0.717, 1.165) is 37.8 Å². The molecule has 232 valence electrons. The molecule has 0 N–H and O–H groups in total. The van der Waals surface area contributed by atoms with Crippen LogP contribution >= 0.6 is 0 Å². The molecule has 0 spiro atoms. The van der Waals surface area contributed by atoms with Crippen molar-refractivity contribution < 1.29 is 14.3 Å². The second-order valence-electron chi connectivity index (χ2n) is 12.1. The van der Waals surface area contributed by atoms with Gasteiger partial charge in [0.15, 0.2) is 0 Å². The topological polar surface area (TPSA) is 49.9 Å². The zero-order chi connectivity index (χ0) is 29.1. The van der Waals surface area contributed by atoms with E-state index in [1.807, 2.05) is 14.1 Å². The summed E-state index contributed by atoms with van der Waals surface area (Å²) in [6.07, 6.45) is 25.5. The first kappa shape index (κ1) is 37.9. The number of carbonyl (C=O) groups is 2. The Morgan fingerprint density at radius 2 is 0.821 bits per heavy atom. The molecule has 0 saturated heterocycles. The molecule has 0 fully saturated rings. The zero-order valence-corrected chi connectivity index (χ0v) is 27.2. The van der Waals surface area contributed by atoms with Crippen LogP contribution in [0.5, 0.6) is 0 Å². The molecule has 0 radical (unpaired) electrons. The number of hydrogen-bond donors (Lipinski definition) is 0. The molecular weight excluding hydrogens is 484 g/mol. The number of nitrogens with zero attached hydrogens (tertiary/aromatic N) is 2. The van der Waals surface area contributed by atoms with Crippen LogP contribution in [0.4, 0.5) is 0 Å². The van der Waals surface area contributed by atoms with Crippen LogP contribution in [-0.2, 0) is 14.3 Å². The Hall–Kier alpha value is -1.10. The lowest BCUT2D eigenvalue weighted by Gasteiger charge is -2.22. The van der Waals surface area contributed by atoms with Crippen LogP contribution in [-0.4, -0.2) is 62.0 Å². The molecule has 0 aromatic rings. The first-order valence-electron chi connectivity index (χ1n) is 16.9. The van der Waals surface area contributed by atoms with E-state index < -0.39 is 0 Å². The molecule has 0 aromatic heterocycles. The molecule has 5 heteroatoms. The molecule has 5 nitrogen and oxygen atoms in total. The molecule has 0 aliphatic heterocycles. The van der Waals surface area contributed by atoms with Crippen LogP contribution in [0.2, 0.25) is 0 Å². The van der Waals surface area contributed by atoms with Gasteiger partial charge in [0, 0.05) is 27.2 Å². The highest BCUT2D eigenvalue weighted by Gasteiger charge is 2.15. The quantitative estimate of drug-likeness (QED) is 0.0910. The van der Waals surface area contributed by atoms with E-state index in [4.69, 9.17) is 4.74 Å². The molecule has 0 saturated carbocycles. The summed E-state index contributed by atoms with van der Waals surface area (Å²) in [6.45, 7) is 10.6.